The van der Waals surface area contributed by atoms with E-state index in [4.69, 9.17) is 9.47 Å². The van der Waals surface area contributed by atoms with E-state index in [0.29, 0.717) is 0 Å². The molecule has 0 radical (unpaired) electrons. The minimum Gasteiger partial charge on any atom is -0.497 e. The van der Waals surface area contributed by atoms with E-state index in [2.05, 4.69) is 4.99 Å². The van der Waals surface area contributed by atoms with E-state index in [1.54, 1.807) is 7.11 Å². The highest BCUT2D eigenvalue weighted by Crippen LogP contribution is 2.18. The first-order chi connectivity index (χ1) is 8.88. The number of hydrogen-bond donors (Lipinski definition) is 0. The third-order valence-corrected chi connectivity index (χ3v) is 3.80. The highest BCUT2D eigenvalue weighted by atomic mass is 32.2. The quantitative estimate of drug-likeness (QED) is 0.765. The van der Waals surface area contributed by atoms with Crippen LogP contribution in [0.3, 0.4) is 0 Å². The molecule has 0 spiro atoms. The molecule has 1 aliphatic rings. The van der Waals surface area contributed by atoms with E-state index in [9.17, 15) is 0 Å². The SMILES string of the molecule is COc1ccc(OCCSC2=NCCCC2)cc1. The Hall–Kier alpha value is -1.16. The van der Waals surface area contributed by atoms with Gasteiger partial charge in [0.05, 0.1) is 18.8 Å². The molecule has 4 heteroatoms. The Balaban J connectivity index is 1.66. The average Bonchev–Trinajstić information content (AvgIpc) is 2.45. The van der Waals surface area contributed by atoms with Gasteiger partial charge >= 0.3 is 0 Å². The fourth-order valence-corrected chi connectivity index (χ4v) is 2.65. The van der Waals surface area contributed by atoms with Crippen molar-refractivity contribution < 1.29 is 9.47 Å². The van der Waals surface area contributed by atoms with Gasteiger partial charge in [0.15, 0.2) is 0 Å². The molecule has 1 aliphatic heterocycles. The molecule has 0 N–H and O–H groups in total. The first-order valence-corrected chi connectivity index (χ1v) is 7.30. The molecule has 98 valence electrons. The fourth-order valence-electron chi connectivity index (χ4n) is 1.78. The summed E-state index contributed by atoms with van der Waals surface area (Å²) in [6.07, 6.45) is 3.67. The second-order valence-corrected chi connectivity index (χ2v) is 5.27. The number of aliphatic imine (C=N–C) groups is 1. The standard InChI is InChI=1S/C14H19NO2S/c1-16-12-5-7-13(8-6-12)17-10-11-18-14-4-2-3-9-15-14/h5-8H,2-4,9-11H2,1H3. The number of methoxy groups -OCH3 is 1. The minimum absolute atomic E-state index is 0.718. The maximum Gasteiger partial charge on any atom is 0.119 e. The highest BCUT2D eigenvalue weighted by molar-refractivity contribution is 8.13. The molecule has 0 aromatic heterocycles. The zero-order valence-electron chi connectivity index (χ0n) is 10.7. The maximum absolute atomic E-state index is 5.67. The predicted molar refractivity (Wildman–Crippen MR) is 77.1 cm³/mol. The van der Waals surface area contributed by atoms with Crippen LogP contribution in [-0.2, 0) is 0 Å². The summed E-state index contributed by atoms with van der Waals surface area (Å²) in [7, 11) is 1.66. The third-order valence-electron chi connectivity index (χ3n) is 2.77. The molecule has 2 rings (SSSR count). The largest absolute Gasteiger partial charge is 0.497 e. The van der Waals surface area contributed by atoms with E-state index in [1.807, 2.05) is 36.0 Å². The number of ether oxygens (including phenoxy) is 2. The summed E-state index contributed by atoms with van der Waals surface area (Å²) in [6, 6.07) is 7.69. The van der Waals surface area contributed by atoms with E-state index in [0.717, 1.165) is 36.8 Å². The van der Waals surface area contributed by atoms with Gasteiger partial charge in [0, 0.05) is 12.3 Å². The van der Waals surface area contributed by atoms with Crippen LogP contribution in [0.15, 0.2) is 29.3 Å². The van der Waals surface area contributed by atoms with Crippen LogP contribution in [0.25, 0.3) is 0 Å². The molecule has 0 unspecified atom stereocenters. The average molecular weight is 265 g/mol. The summed E-state index contributed by atoms with van der Waals surface area (Å²) >= 11 is 1.82. The molecule has 1 aromatic rings. The Bertz CT molecular complexity index is 389. The molecular weight excluding hydrogens is 246 g/mol. The fraction of sp³-hybridized carbons (Fsp3) is 0.500. The van der Waals surface area contributed by atoms with Crippen LogP contribution in [0.2, 0.25) is 0 Å². The lowest BCUT2D eigenvalue weighted by molar-refractivity contribution is 0.343. The van der Waals surface area contributed by atoms with Gasteiger partial charge in [-0.2, -0.15) is 0 Å². The Kier molecular flexibility index (Phi) is 5.39. The number of nitrogens with zero attached hydrogens (tertiary/aromatic N) is 1. The van der Waals surface area contributed by atoms with Crippen LogP contribution in [0.5, 0.6) is 11.5 Å². The molecule has 0 saturated carbocycles. The first-order valence-electron chi connectivity index (χ1n) is 6.31. The smallest absolute Gasteiger partial charge is 0.119 e. The maximum atomic E-state index is 5.67. The molecule has 0 atom stereocenters. The number of rotatable bonds is 5. The zero-order chi connectivity index (χ0) is 12.6. The van der Waals surface area contributed by atoms with Crippen molar-refractivity contribution in [1.29, 1.82) is 0 Å². The first kappa shape index (κ1) is 13.3. The Morgan fingerprint density at radius 1 is 1.17 bits per heavy atom. The molecule has 1 aromatic carbocycles. The topological polar surface area (TPSA) is 30.8 Å². The van der Waals surface area contributed by atoms with Crippen molar-refractivity contribution in [3.05, 3.63) is 24.3 Å². The Morgan fingerprint density at radius 3 is 2.61 bits per heavy atom. The van der Waals surface area contributed by atoms with E-state index in [-0.39, 0.29) is 0 Å². The zero-order valence-corrected chi connectivity index (χ0v) is 11.5. The molecular formula is C14H19NO2S. The van der Waals surface area contributed by atoms with Crippen molar-refractivity contribution in [2.45, 2.75) is 19.3 Å². The molecule has 0 bridgehead atoms. The van der Waals surface area contributed by atoms with Crippen LogP contribution in [0.1, 0.15) is 19.3 Å². The Labute approximate surface area is 113 Å². The van der Waals surface area contributed by atoms with Gasteiger partial charge in [0.1, 0.15) is 11.5 Å². The normalized spacial score (nSPS) is 15.1. The second-order valence-electron chi connectivity index (χ2n) is 4.11. The van der Waals surface area contributed by atoms with Gasteiger partial charge in [0.25, 0.3) is 0 Å². The van der Waals surface area contributed by atoms with Crippen molar-refractivity contribution in [3.8, 4) is 11.5 Å². The predicted octanol–water partition coefficient (Wildman–Crippen LogP) is 3.39. The number of benzene rings is 1. The lowest BCUT2D eigenvalue weighted by Crippen LogP contribution is -2.06. The third kappa shape index (κ3) is 4.26. The van der Waals surface area contributed by atoms with Crippen molar-refractivity contribution in [1.82, 2.24) is 0 Å². The van der Waals surface area contributed by atoms with Gasteiger partial charge in [0.2, 0.25) is 0 Å². The van der Waals surface area contributed by atoms with Crippen molar-refractivity contribution in [3.63, 3.8) is 0 Å². The molecule has 0 aliphatic carbocycles. The summed E-state index contributed by atoms with van der Waals surface area (Å²) in [5.41, 5.74) is 0. The number of hydrogen-bond acceptors (Lipinski definition) is 4. The number of thioether (sulfide) groups is 1. The van der Waals surface area contributed by atoms with Crippen molar-refractivity contribution in [2.75, 3.05) is 26.0 Å². The summed E-state index contributed by atoms with van der Waals surface area (Å²) in [6.45, 7) is 1.72. The van der Waals surface area contributed by atoms with Gasteiger partial charge in [-0.15, -0.1) is 11.8 Å². The summed E-state index contributed by atoms with van der Waals surface area (Å²) in [4.78, 5) is 4.50. The highest BCUT2D eigenvalue weighted by Gasteiger charge is 2.05. The van der Waals surface area contributed by atoms with Gasteiger partial charge < -0.3 is 9.47 Å². The van der Waals surface area contributed by atoms with E-state index in [1.165, 1.54) is 17.9 Å². The van der Waals surface area contributed by atoms with Crippen molar-refractivity contribution >= 4 is 16.8 Å². The molecule has 0 fully saturated rings. The van der Waals surface area contributed by atoms with Crippen LogP contribution in [-0.4, -0.2) is 31.1 Å². The molecule has 0 saturated heterocycles. The Morgan fingerprint density at radius 2 is 1.94 bits per heavy atom. The van der Waals surface area contributed by atoms with E-state index >= 15 is 0 Å². The van der Waals surface area contributed by atoms with Gasteiger partial charge in [-0.25, -0.2) is 0 Å². The monoisotopic (exact) mass is 265 g/mol. The lowest BCUT2D eigenvalue weighted by atomic mass is 10.2. The second kappa shape index (κ2) is 7.31. The molecule has 3 nitrogen and oxygen atoms in total. The van der Waals surface area contributed by atoms with E-state index < -0.39 is 0 Å². The molecule has 1 heterocycles. The van der Waals surface area contributed by atoms with Crippen LogP contribution in [0.4, 0.5) is 0 Å². The molecule has 0 amide bonds. The summed E-state index contributed by atoms with van der Waals surface area (Å²) in [5, 5.41) is 1.29. The van der Waals surface area contributed by atoms with Crippen molar-refractivity contribution in [2.24, 2.45) is 4.99 Å². The van der Waals surface area contributed by atoms with Crippen LogP contribution in [0, 0.1) is 0 Å². The van der Waals surface area contributed by atoms with Gasteiger partial charge in [-0.1, -0.05) is 0 Å². The van der Waals surface area contributed by atoms with Crippen LogP contribution >= 0.6 is 11.8 Å². The summed E-state index contributed by atoms with van der Waals surface area (Å²) < 4.78 is 10.8. The molecule has 18 heavy (non-hydrogen) atoms. The lowest BCUT2D eigenvalue weighted by Gasteiger charge is -2.11. The van der Waals surface area contributed by atoms with Gasteiger partial charge in [-0.3, -0.25) is 4.99 Å². The van der Waals surface area contributed by atoms with Crippen LogP contribution < -0.4 is 9.47 Å². The summed E-state index contributed by atoms with van der Waals surface area (Å²) in [5.74, 6) is 2.71. The minimum atomic E-state index is 0.718. The van der Waals surface area contributed by atoms with Gasteiger partial charge in [-0.05, 0) is 43.5 Å².